The van der Waals surface area contributed by atoms with E-state index in [9.17, 15) is 4.79 Å². The highest BCUT2D eigenvalue weighted by atomic mass is 16.5. The molecule has 3 fully saturated rings. The number of ether oxygens (including phenoxy) is 1. The molecular formula is C15H22N4O2. The van der Waals surface area contributed by atoms with Crippen LogP contribution in [0.25, 0.3) is 0 Å². The van der Waals surface area contributed by atoms with E-state index in [4.69, 9.17) is 4.74 Å². The monoisotopic (exact) mass is 290 g/mol. The van der Waals surface area contributed by atoms with Gasteiger partial charge in [0.15, 0.2) is 0 Å². The van der Waals surface area contributed by atoms with Crippen molar-refractivity contribution in [2.24, 2.45) is 0 Å². The lowest BCUT2D eigenvalue weighted by atomic mass is 9.95. The number of nitrogens with one attached hydrogen (secondary N) is 2. The van der Waals surface area contributed by atoms with Crippen LogP contribution in [0.3, 0.4) is 0 Å². The molecule has 0 aliphatic carbocycles. The Kier molecular flexibility index (Phi) is 3.33. The highest BCUT2D eigenvalue weighted by Gasteiger charge is 2.42. The van der Waals surface area contributed by atoms with E-state index in [0.29, 0.717) is 6.10 Å². The molecule has 3 aliphatic heterocycles. The fourth-order valence-corrected chi connectivity index (χ4v) is 4.00. The van der Waals surface area contributed by atoms with E-state index in [0.717, 1.165) is 50.6 Å². The van der Waals surface area contributed by atoms with Gasteiger partial charge in [-0.1, -0.05) is 0 Å². The fraction of sp³-hybridized carbons (Fsp3) is 0.733. The molecule has 21 heavy (non-hydrogen) atoms. The molecule has 1 aromatic heterocycles. The van der Waals surface area contributed by atoms with Gasteiger partial charge in [0, 0.05) is 18.3 Å². The molecule has 0 radical (unpaired) electrons. The second kappa shape index (κ2) is 5.33. The Morgan fingerprint density at radius 1 is 1.38 bits per heavy atom. The Balaban J connectivity index is 1.44. The Morgan fingerprint density at radius 3 is 3.05 bits per heavy atom. The van der Waals surface area contributed by atoms with Crippen molar-refractivity contribution in [1.29, 1.82) is 0 Å². The van der Waals surface area contributed by atoms with Gasteiger partial charge in [-0.2, -0.15) is 5.10 Å². The standard InChI is InChI=1S/C15H22N4O2/c20-15(18-12-7-11-4-5-14(12)21-11)19-6-2-1-3-13(19)10-8-16-17-9-10/h8-9,11-14H,1-7H2,(H,16,17)(H,18,20)/t11-,12+,13-,14-/m1/s1. The van der Waals surface area contributed by atoms with Crippen LogP contribution in [0.15, 0.2) is 12.4 Å². The van der Waals surface area contributed by atoms with Crippen molar-refractivity contribution in [1.82, 2.24) is 20.4 Å². The van der Waals surface area contributed by atoms with E-state index >= 15 is 0 Å². The summed E-state index contributed by atoms with van der Waals surface area (Å²) in [7, 11) is 0. The summed E-state index contributed by atoms with van der Waals surface area (Å²) < 4.78 is 5.82. The second-order valence-corrected chi connectivity index (χ2v) is 6.40. The number of amides is 2. The van der Waals surface area contributed by atoms with Crippen molar-refractivity contribution in [3.05, 3.63) is 18.0 Å². The quantitative estimate of drug-likeness (QED) is 0.875. The third-order valence-electron chi connectivity index (χ3n) is 5.08. The Morgan fingerprint density at radius 2 is 2.33 bits per heavy atom. The Hall–Kier alpha value is -1.56. The molecule has 2 N–H and O–H groups in total. The van der Waals surface area contributed by atoms with Crippen LogP contribution in [-0.2, 0) is 4.74 Å². The molecule has 6 heteroatoms. The van der Waals surface area contributed by atoms with Crippen LogP contribution in [-0.4, -0.2) is 45.9 Å². The molecule has 2 bridgehead atoms. The van der Waals surface area contributed by atoms with Crippen molar-refractivity contribution < 1.29 is 9.53 Å². The van der Waals surface area contributed by atoms with Crippen molar-refractivity contribution in [3.8, 4) is 0 Å². The van der Waals surface area contributed by atoms with Gasteiger partial charge in [0.2, 0.25) is 0 Å². The van der Waals surface area contributed by atoms with Gasteiger partial charge in [0.1, 0.15) is 0 Å². The fourth-order valence-electron chi connectivity index (χ4n) is 4.00. The summed E-state index contributed by atoms with van der Waals surface area (Å²) in [5, 5.41) is 10.1. The topological polar surface area (TPSA) is 70.2 Å². The van der Waals surface area contributed by atoms with Crippen LogP contribution in [0.2, 0.25) is 0 Å². The lowest BCUT2D eigenvalue weighted by Gasteiger charge is -2.36. The van der Waals surface area contributed by atoms with Crippen molar-refractivity contribution in [3.63, 3.8) is 0 Å². The molecule has 0 aromatic carbocycles. The predicted molar refractivity (Wildman–Crippen MR) is 76.7 cm³/mol. The van der Waals surface area contributed by atoms with Gasteiger partial charge in [-0.05, 0) is 38.5 Å². The predicted octanol–water partition coefficient (Wildman–Crippen LogP) is 1.97. The first-order valence-electron chi connectivity index (χ1n) is 8.02. The first-order chi connectivity index (χ1) is 10.3. The molecule has 4 atom stereocenters. The maximum atomic E-state index is 12.7. The number of hydrogen-bond donors (Lipinski definition) is 2. The summed E-state index contributed by atoms with van der Waals surface area (Å²) in [4.78, 5) is 14.6. The van der Waals surface area contributed by atoms with Crippen LogP contribution >= 0.6 is 0 Å². The van der Waals surface area contributed by atoms with Gasteiger partial charge in [-0.25, -0.2) is 4.79 Å². The number of rotatable bonds is 2. The summed E-state index contributed by atoms with van der Waals surface area (Å²) in [6.07, 6.45) is 10.8. The number of urea groups is 1. The van der Waals surface area contributed by atoms with Gasteiger partial charge in [-0.3, -0.25) is 5.10 Å². The molecule has 3 saturated heterocycles. The molecule has 4 heterocycles. The smallest absolute Gasteiger partial charge is 0.318 e. The zero-order chi connectivity index (χ0) is 14.2. The zero-order valence-corrected chi connectivity index (χ0v) is 12.1. The number of carbonyl (C=O) groups excluding carboxylic acids is 1. The van der Waals surface area contributed by atoms with Crippen LogP contribution in [0.4, 0.5) is 4.79 Å². The largest absolute Gasteiger partial charge is 0.373 e. The first-order valence-corrected chi connectivity index (χ1v) is 8.02. The van der Waals surface area contributed by atoms with Crippen molar-refractivity contribution in [2.45, 2.75) is 62.8 Å². The van der Waals surface area contributed by atoms with Gasteiger partial charge < -0.3 is 15.0 Å². The van der Waals surface area contributed by atoms with E-state index in [1.165, 1.54) is 0 Å². The third-order valence-corrected chi connectivity index (χ3v) is 5.08. The molecule has 0 spiro atoms. The van der Waals surface area contributed by atoms with Crippen molar-refractivity contribution >= 4 is 6.03 Å². The minimum absolute atomic E-state index is 0.0575. The summed E-state index contributed by atoms with van der Waals surface area (Å²) in [5.74, 6) is 0. The van der Waals surface area contributed by atoms with Gasteiger partial charge in [0.25, 0.3) is 0 Å². The van der Waals surface area contributed by atoms with E-state index < -0.39 is 0 Å². The third kappa shape index (κ3) is 2.41. The minimum Gasteiger partial charge on any atom is -0.373 e. The maximum absolute atomic E-state index is 12.7. The molecule has 4 rings (SSSR count). The number of likely N-dealkylation sites (tertiary alicyclic amines) is 1. The second-order valence-electron chi connectivity index (χ2n) is 6.40. The number of aromatic amines is 1. The van der Waals surface area contributed by atoms with Crippen LogP contribution in [0, 0.1) is 0 Å². The molecule has 0 saturated carbocycles. The minimum atomic E-state index is 0.0575. The van der Waals surface area contributed by atoms with E-state index in [1.54, 1.807) is 0 Å². The molecule has 0 unspecified atom stereocenters. The van der Waals surface area contributed by atoms with Gasteiger partial charge >= 0.3 is 6.03 Å². The molecule has 2 amide bonds. The number of hydrogen-bond acceptors (Lipinski definition) is 3. The Labute approximate surface area is 124 Å². The molecule has 114 valence electrons. The molecule has 1 aromatic rings. The van der Waals surface area contributed by atoms with Crippen LogP contribution in [0.5, 0.6) is 0 Å². The average molecular weight is 290 g/mol. The summed E-state index contributed by atoms with van der Waals surface area (Å²) in [6.45, 7) is 0.823. The number of H-pyrrole nitrogens is 1. The molecule has 6 nitrogen and oxygen atoms in total. The highest BCUT2D eigenvalue weighted by molar-refractivity contribution is 5.75. The number of fused-ring (bicyclic) bond motifs is 2. The molecular weight excluding hydrogens is 268 g/mol. The Bertz CT molecular complexity index is 504. The van der Waals surface area contributed by atoms with E-state index in [-0.39, 0.29) is 24.2 Å². The lowest BCUT2D eigenvalue weighted by molar-refractivity contribution is 0.0951. The van der Waals surface area contributed by atoms with Crippen molar-refractivity contribution in [2.75, 3.05) is 6.54 Å². The lowest BCUT2D eigenvalue weighted by Crippen LogP contribution is -2.50. The van der Waals surface area contributed by atoms with Crippen LogP contribution < -0.4 is 5.32 Å². The zero-order valence-electron chi connectivity index (χ0n) is 12.1. The molecule has 3 aliphatic rings. The summed E-state index contributed by atoms with van der Waals surface area (Å²) in [6, 6.07) is 0.405. The van der Waals surface area contributed by atoms with Gasteiger partial charge in [-0.15, -0.1) is 0 Å². The SMILES string of the molecule is O=C(N[C@H]1C[C@H]2CC[C@H]1O2)N1CCCC[C@@H]1c1cn[nH]c1. The maximum Gasteiger partial charge on any atom is 0.318 e. The number of carbonyl (C=O) groups is 1. The van der Waals surface area contributed by atoms with Gasteiger partial charge in [0.05, 0.1) is 30.5 Å². The highest BCUT2D eigenvalue weighted by Crippen LogP contribution is 2.35. The van der Waals surface area contributed by atoms with E-state index in [2.05, 4.69) is 15.5 Å². The van der Waals surface area contributed by atoms with E-state index in [1.807, 2.05) is 17.3 Å². The number of nitrogens with zero attached hydrogens (tertiary/aromatic N) is 2. The summed E-state index contributed by atoms with van der Waals surface area (Å²) >= 11 is 0. The number of piperidine rings is 1. The normalized spacial score (nSPS) is 35.1. The first kappa shape index (κ1) is 13.1. The summed E-state index contributed by atoms with van der Waals surface area (Å²) in [5.41, 5.74) is 1.11. The van der Waals surface area contributed by atoms with Crippen LogP contribution in [0.1, 0.15) is 50.1 Å². The average Bonchev–Trinajstić information content (AvgIpc) is 3.25. The number of aromatic nitrogens is 2.